The maximum Gasteiger partial charge on any atom is 0.410 e. The van der Waals surface area contributed by atoms with Crippen molar-refractivity contribution in [2.24, 2.45) is 0 Å². The number of hydrogen-bond acceptors (Lipinski definition) is 14. The molecule has 7 aromatic carbocycles. The van der Waals surface area contributed by atoms with Crippen molar-refractivity contribution >= 4 is 35.9 Å². The molecule has 0 unspecified atom stereocenters. The van der Waals surface area contributed by atoms with Crippen LogP contribution in [-0.4, -0.2) is 104 Å². The highest BCUT2D eigenvalue weighted by atomic mass is 19.2. The third kappa shape index (κ3) is 12.8. The van der Waals surface area contributed by atoms with E-state index in [9.17, 15) is 59.5 Å². The topological polar surface area (TPSA) is 180 Å². The smallest absolute Gasteiger partial charge is 0.410 e. The first-order valence-corrected chi connectivity index (χ1v) is 24.7. The summed E-state index contributed by atoms with van der Waals surface area (Å²) < 4.78 is 177. The number of halogens is 9. The van der Waals surface area contributed by atoms with Crippen LogP contribution in [0.25, 0.3) is 11.1 Å². The number of likely N-dealkylation sites (N-methyl/N-ethyl adjacent to an activating group) is 1. The number of carbonyl (C=O) groups excluding carboxylic acids is 6. The summed E-state index contributed by atoms with van der Waals surface area (Å²) >= 11 is 0. The van der Waals surface area contributed by atoms with Gasteiger partial charge in [0.1, 0.15) is 42.6 Å². The Kier molecular flexibility index (Phi) is 17.6. The van der Waals surface area contributed by atoms with Crippen LogP contribution >= 0.6 is 0 Å². The van der Waals surface area contributed by atoms with E-state index in [1.54, 1.807) is 36.4 Å². The number of fused-ring (bicyclic) bond motifs is 3. The second-order valence-electron chi connectivity index (χ2n) is 18.4. The van der Waals surface area contributed by atoms with Gasteiger partial charge in [-0.05, 0) is 95.1 Å². The van der Waals surface area contributed by atoms with Gasteiger partial charge in [0.15, 0.2) is 30.6 Å². The predicted octanol–water partition coefficient (Wildman–Crippen LogP) is 10.4. The molecule has 1 saturated heterocycles. The molecule has 2 aliphatic rings. The highest BCUT2D eigenvalue weighted by Gasteiger charge is 2.54. The molecule has 428 valence electrons. The van der Waals surface area contributed by atoms with E-state index in [4.69, 9.17) is 37.9 Å². The third-order valence-corrected chi connectivity index (χ3v) is 13.1. The zero-order valence-corrected chi connectivity index (χ0v) is 42.6. The predicted molar refractivity (Wildman–Crippen MR) is 267 cm³/mol. The number of hydrogen-bond donors (Lipinski definition) is 0. The lowest BCUT2D eigenvalue weighted by Gasteiger charge is -2.44. The summed E-state index contributed by atoms with van der Waals surface area (Å²) in [7, 11) is 0.857. The van der Waals surface area contributed by atoms with Gasteiger partial charge in [0, 0.05) is 13.0 Å². The van der Waals surface area contributed by atoms with Crippen LogP contribution in [0.1, 0.15) is 58.5 Å². The molecule has 1 heterocycles. The van der Waals surface area contributed by atoms with Gasteiger partial charge in [0.05, 0.1) is 28.9 Å². The Morgan fingerprint density at radius 1 is 0.482 bits per heavy atom. The number of carbonyl (C=O) groups is 6. The van der Waals surface area contributed by atoms with E-state index in [-0.39, 0.29) is 0 Å². The van der Waals surface area contributed by atoms with Gasteiger partial charge in [-0.3, -0.25) is 4.90 Å². The van der Waals surface area contributed by atoms with Crippen molar-refractivity contribution in [3.8, 4) is 16.9 Å². The number of rotatable bonds is 17. The van der Waals surface area contributed by atoms with Crippen LogP contribution in [0.5, 0.6) is 5.75 Å². The number of ether oxygens (including phenoxy) is 8. The van der Waals surface area contributed by atoms with Gasteiger partial charge >= 0.3 is 35.9 Å². The van der Waals surface area contributed by atoms with Crippen LogP contribution in [0.3, 0.4) is 0 Å². The summed E-state index contributed by atoms with van der Waals surface area (Å²) in [6.07, 6.45) is -12.9. The number of amides is 1. The lowest BCUT2D eigenvalue weighted by molar-refractivity contribution is -0.300. The Morgan fingerprint density at radius 3 is 1.37 bits per heavy atom. The van der Waals surface area contributed by atoms with Gasteiger partial charge in [0.25, 0.3) is 0 Å². The molecule has 15 nitrogen and oxygen atoms in total. The Morgan fingerprint density at radius 2 is 0.904 bits per heavy atom. The van der Waals surface area contributed by atoms with Crippen LogP contribution in [0.15, 0.2) is 146 Å². The second kappa shape index (κ2) is 25.1. The molecule has 0 saturated carbocycles. The van der Waals surface area contributed by atoms with Crippen LogP contribution < -0.4 is 4.74 Å². The van der Waals surface area contributed by atoms with E-state index >= 15 is 8.78 Å². The largest absolute Gasteiger partial charge is 0.459 e. The van der Waals surface area contributed by atoms with Gasteiger partial charge < -0.3 is 37.9 Å². The van der Waals surface area contributed by atoms with E-state index in [2.05, 4.69) is 0 Å². The maximum absolute atomic E-state index is 15.2. The van der Waals surface area contributed by atoms with Crippen molar-refractivity contribution in [2.45, 2.75) is 42.7 Å². The molecule has 7 aromatic rings. The zero-order chi connectivity index (χ0) is 59.2. The minimum absolute atomic E-state index is 0.399. The molecular weight excluding hydrogens is 1120 g/mol. The minimum atomic E-state index is -2.63. The summed E-state index contributed by atoms with van der Waals surface area (Å²) in [5.41, 5.74) is 1.01. The summed E-state index contributed by atoms with van der Waals surface area (Å²) in [5, 5.41) is 0. The molecule has 0 spiro atoms. The van der Waals surface area contributed by atoms with E-state index in [0.717, 1.165) is 97.0 Å². The number of esters is 5. The van der Waals surface area contributed by atoms with Crippen LogP contribution in [0, 0.1) is 52.4 Å². The Labute approximate surface area is 463 Å². The maximum atomic E-state index is 15.2. The molecule has 0 bridgehead atoms. The Bertz CT molecular complexity index is 3590. The first-order chi connectivity index (χ1) is 39.8. The van der Waals surface area contributed by atoms with Gasteiger partial charge in [-0.15, -0.1) is 0 Å². The SMILES string of the molecule is CN(C(=O)OCC1c2ccccc2-c2ccccc21)[C@@H](CO[C@@H]1O[C@H](COC(=O)c2cccc(F)c2)[C@@H](OC(=O)c2cccc(F)c2)[C@H](OC(=O)c2cccc(F)c2)[C@H]1OC(=O)c1cccc(F)c1)C(=O)Oc1c(F)c(F)c(F)c(F)c1F. The van der Waals surface area contributed by atoms with Gasteiger partial charge in [0.2, 0.25) is 34.8 Å². The van der Waals surface area contributed by atoms with Crippen LogP contribution in [0.2, 0.25) is 0 Å². The Hall–Kier alpha value is -9.55. The minimum Gasteiger partial charge on any atom is -0.459 e. The molecule has 24 heteroatoms. The highest BCUT2D eigenvalue weighted by Crippen LogP contribution is 2.45. The standard InChI is InChI=1S/C59H40F9NO14/c1-69(59(75)78-26-41-39-20-4-2-18-37(39)38-19-3-5-21-40(38)41)42(57(74)81-50-47(67)45(65)44(64)46(66)48(50)68)27-77-58-52(83-56(73)32-13-9-17-36(63)25-32)51(82-55(72)31-12-8-16-35(62)24-31)49(80-54(71)30-11-7-15-34(61)23-30)43(79-58)28-76-53(70)29-10-6-14-33(60)22-29/h2-25,41-43,49,51-52,58H,26-28H2,1H3/t42-,43+,49+,51-,52+,58+/m0/s1. The van der Waals surface area contributed by atoms with Gasteiger partial charge in [-0.1, -0.05) is 72.8 Å². The van der Waals surface area contributed by atoms with E-state index < -0.39 is 179 Å². The zero-order valence-electron chi connectivity index (χ0n) is 42.6. The van der Waals surface area contributed by atoms with Crippen molar-refractivity contribution in [1.82, 2.24) is 4.90 Å². The molecule has 83 heavy (non-hydrogen) atoms. The normalized spacial score (nSPS) is 17.5. The van der Waals surface area contributed by atoms with Crippen LogP contribution in [-0.2, 0) is 38.0 Å². The molecule has 6 atom stereocenters. The fourth-order valence-corrected chi connectivity index (χ4v) is 9.02. The summed E-state index contributed by atoms with van der Waals surface area (Å²) in [4.78, 5) is 84.6. The van der Waals surface area contributed by atoms with Crippen molar-refractivity contribution in [1.29, 1.82) is 0 Å². The van der Waals surface area contributed by atoms with Gasteiger partial charge in [-0.25, -0.2) is 59.5 Å². The Balaban J connectivity index is 1.12. The monoisotopic (exact) mass is 1160 g/mol. The van der Waals surface area contributed by atoms with E-state index in [1.165, 1.54) is 0 Å². The lowest BCUT2D eigenvalue weighted by atomic mass is 9.97. The number of nitrogens with zero attached hydrogens (tertiary/aromatic N) is 1. The van der Waals surface area contributed by atoms with Crippen molar-refractivity contribution < 1.29 is 106 Å². The van der Waals surface area contributed by atoms with Crippen molar-refractivity contribution in [3.63, 3.8) is 0 Å². The molecule has 0 N–H and O–H groups in total. The summed E-state index contributed by atoms with van der Waals surface area (Å²) in [6, 6.07) is 27.1. The molecule has 1 aliphatic carbocycles. The highest BCUT2D eigenvalue weighted by molar-refractivity contribution is 5.92. The van der Waals surface area contributed by atoms with Crippen molar-refractivity contribution in [3.05, 3.63) is 231 Å². The average molecular weight is 1160 g/mol. The third-order valence-electron chi connectivity index (χ3n) is 13.1. The molecule has 0 aromatic heterocycles. The molecule has 1 aliphatic heterocycles. The first-order valence-electron chi connectivity index (χ1n) is 24.7. The second-order valence-corrected chi connectivity index (χ2v) is 18.4. The van der Waals surface area contributed by atoms with Crippen LogP contribution in [0.4, 0.5) is 44.3 Å². The molecular formula is C59H40F9NO14. The molecule has 1 fully saturated rings. The number of benzene rings is 7. The summed E-state index contributed by atoms with van der Waals surface area (Å²) in [5.74, 6) is -27.2. The lowest BCUT2D eigenvalue weighted by Crippen LogP contribution is -2.63. The van der Waals surface area contributed by atoms with Crippen molar-refractivity contribution in [2.75, 3.05) is 26.9 Å². The fraction of sp³-hybridized carbons (Fsp3) is 0.186. The summed E-state index contributed by atoms with van der Waals surface area (Å²) in [6.45, 7) is -2.98. The van der Waals surface area contributed by atoms with E-state index in [1.807, 2.05) is 12.1 Å². The van der Waals surface area contributed by atoms with Gasteiger partial charge in [-0.2, -0.15) is 8.78 Å². The fourth-order valence-electron chi connectivity index (χ4n) is 9.02. The molecule has 9 rings (SSSR count). The molecule has 0 radical (unpaired) electrons. The quantitative estimate of drug-likeness (QED) is 0.0210. The average Bonchev–Trinajstić information content (AvgIpc) is 3.65. The molecule has 1 amide bonds. The van der Waals surface area contributed by atoms with E-state index in [0.29, 0.717) is 34.2 Å². The first kappa shape index (κ1) is 58.1.